The van der Waals surface area contributed by atoms with Crippen molar-refractivity contribution in [2.75, 3.05) is 27.4 Å². The summed E-state index contributed by atoms with van der Waals surface area (Å²) in [7, 11) is 2.89. The Morgan fingerprint density at radius 3 is 2.72 bits per heavy atom. The van der Waals surface area contributed by atoms with Gasteiger partial charge in [-0.15, -0.1) is 11.3 Å². The lowest BCUT2D eigenvalue weighted by molar-refractivity contribution is 0.0173. The zero-order valence-corrected chi connectivity index (χ0v) is 18.0. The van der Waals surface area contributed by atoms with E-state index in [0.717, 1.165) is 25.7 Å². The first-order chi connectivity index (χ1) is 13.9. The first-order valence-corrected chi connectivity index (χ1v) is 10.8. The molecule has 160 valence electrons. The molecule has 8 nitrogen and oxygen atoms in total. The van der Waals surface area contributed by atoms with Crippen LogP contribution in [0.25, 0.3) is 10.2 Å². The molecule has 1 aliphatic carbocycles. The number of rotatable bonds is 8. The highest BCUT2D eigenvalue weighted by atomic mass is 32.1. The Kier molecular flexibility index (Phi) is 7.39. The number of esters is 1. The molecule has 9 heteroatoms. The Morgan fingerprint density at radius 1 is 1.34 bits per heavy atom. The molecule has 0 aliphatic heterocycles. The van der Waals surface area contributed by atoms with Gasteiger partial charge in [0.2, 0.25) is 0 Å². The van der Waals surface area contributed by atoms with Crippen molar-refractivity contribution in [3.63, 3.8) is 0 Å². The van der Waals surface area contributed by atoms with Crippen LogP contribution in [0.3, 0.4) is 0 Å². The van der Waals surface area contributed by atoms with Crippen LogP contribution in [-0.2, 0) is 16.0 Å². The number of methoxy groups -OCH3 is 2. The van der Waals surface area contributed by atoms with E-state index in [1.54, 1.807) is 14.0 Å². The average molecular weight is 424 g/mol. The van der Waals surface area contributed by atoms with E-state index in [4.69, 9.17) is 9.47 Å². The molecule has 0 spiro atoms. The molecule has 0 radical (unpaired) electrons. The lowest BCUT2D eigenvalue weighted by Gasteiger charge is -2.35. The minimum absolute atomic E-state index is 0.255. The van der Waals surface area contributed by atoms with Crippen molar-refractivity contribution in [1.82, 2.24) is 14.9 Å². The van der Waals surface area contributed by atoms with Crippen LogP contribution in [0.2, 0.25) is 0 Å². The van der Waals surface area contributed by atoms with Gasteiger partial charge in [-0.3, -0.25) is 9.69 Å². The van der Waals surface area contributed by atoms with Crippen molar-refractivity contribution in [3.8, 4) is 0 Å². The fraction of sp³-hybridized carbons (Fsp3) is 0.650. The van der Waals surface area contributed by atoms with Gasteiger partial charge in [-0.25, -0.2) is 9.78 Å². The Bertz CT molecular complexity index is 903. The van der Waals surface area contributed by atoms with Crippen LogP contribution in [0.1, 0.15) is 53.2 Å². The molecule has 0 bridgehead atoms. The Labute approximate surface area is 173 Å². The maximum absolute atomic E-state index is 12.7. The zero-order valence-electron chi connectivity index (χ0n) is 17.2. The molecule has 2 aromatic rings. The van der Waals surface area contributed by atoms with E-state index < -0.39 is 12.1 Å². The molecule has 2 aromatic heterocycles. The maximum atomic E-state index is 12.7. The van der Waals surface area contributed by atoms with Crippen LogP contribution in [0.4, 0.5) is 0 Å². The van der Waals surface area contributed by atoms with E-state index in [0.29, 0.717) is 45.6 Å². The molecule has 2 N–H and O–H groups in total. The smallest absolute Gasteiger partial charge is 0.348 e. The molecule has 29 heavy (non-hydrogen) atoms. The van der Waals surface area contributed by atoms with Crippen LogP contribution in [0, 0.1) is 6.92 Å². The summed E-state index contributed by atoms with van der Waals surface area (Å²) in [6, 6.07) is 0.340. The number of carbonyl (C=O) groups excluding carboxylic acids is 1. The number of nitrogens with zero attached hydrogens (tertiary/aromatic N) is 2. The van der Waals surface area contributed by atoms with Gasteiger partial charge in [0.25, 0.3) is 5.56 Å². The number of aliphatic hydroxyl groups is 1. The van der Waals surface area contributed by atoms with Gasteiger partial charge in [0.15, 0.2) is 0 Å². The van der Waals surface area contributed by atoms with Crippen LogP contribution in [-0.4, -0.2) is 65.5 Å². The van der Waals surface area contributed by atoms with Gasteiger partial charge in [0.05, 0.1) is 31.8 Å². The Balaban J connectivity index is 1.90. The predicted molar refractivity (Wildman–Crippen MR) is 111 cm³/mol. The third-order valence-electron chi connectivity index (χ3n) is 5.47. The fourth-order valence-electron chi connectivity index (χ4n) is 4.05. The summed E-state index contributed by atoms with van der Waals surface area (Å²) in [5.74, 6) is 0.0772. The second-order valence-electron chi connectivity index (χ2n) is 7.57. The number of aromatic nitrogens is 2. The van der Waals surface area contributed by atoms with Gasteiger partial charge >= 0.3 is 5.97 Å². The number of H-pyrrole nitrogens is 1. The number of aliphatic hydroxyl groups excluding tert-OH is 1. The van der Waals surface area contributed by atoms with Crippen LogP contribution < -0.4 is 5.56 Å². The van der Waals surface area contributed by atoms with E-state index in [1.807, 2.05) is 0 Å². The average Bonchev–Trinajstić information content (AvgIpc) is 3.04. The highest BCUT2D eigenvalue weighted by Gasteiger charge is 2.25. The number of aryl methyl sites for hydroxylation is 1. The summed E-state index contributed by atoms with van der Waals surface area (Å²) in [5.41, 5.74) is 0.340. The van der Waals surface area contributed by atoms with Crippen molar-refractivity contribution in [2.45, 2.75) is 57.7 Å². The molecule has 0 amide bonds. The van der Waals surface area contributed by atoms with E-state index in [-0.39, 0.29) is 12.2 Å². The highest BCUT2D eigenvalue weighted by molar-refractivity contribution is 7.20. The van der Waals surface area contributed by atoms with Gasteiger partial charge in [-0.05, 0) is 25.3 Å². The van der Waals surface area contributed by atoms with Crippen molar-refractivity contribution in [2.24, 2.45) is 0 Å². The summed E-state index contributed by atoms with van der Waals surface area (Å²) in [5, 5.41) is 10.7. The molecular formula is C20H29N3O5S. The lowest BCUT2D eigenvalue weighted by atomic mass is 9.94. The van der Waals surface area contributed by atoms with Gasteiger partial charge < -0.3 is 19.6 Å². The number of nitrogens with one attached hydrogen (secondary N) is 1. The third-order valence-corrected chi connectivity index (χ3v) is 6.63. The van der Waals surface area contributed by atoms with Gasteiger partial charge in [0.1, 0.15) is 15.5 Å². The van der Waals surface area contributed by atoms with E-state index in [1.165, 1.54) is 24.9 Å². The molecule has 1 atom stereocenters. The predicted octanol–water partition coefficient (Wildman–Crippen LogP) is 2.22. The number of thiophene rings is 1. The summed E-state index contributed by atoms with van der Waals surface area (Å²) in [6.45, 7) is 2.88. The topological polar surface area (TPSA) is 105 Å². The zero-order chi connectivity index (χ0) is 21.0. The molecule has 0 saturated heterocycles. The van der Waals surface area contributed by atoms with Crippen molar-refractivity contribution in [1.29, 1.82) is 0 Å². The second-order valence-corrected chi connectivity index (χ2v) is 8.57. The van der Waals surface area contributed by atoms with Gasteiger partial charge in [0, 0.05) is 19.7 Å². The Hall–Kier alpha value is -1.81. The summed E-state index contributed by atoms with van der Waals surface area (Å²) in [6.07, 6.45) is 5.09. The molecule has 1 fully saturated rings. The summed E-state index contributed by atoms with van der Waals surface area (Å²) < 4.78 is 9.89. The Morgan fingerprint density at radius 2 is 2.07 bits per heavy atom. The van der Waals surface area contributed by atoms with E-state index >= 15 is 0 Å². The second kappa shape index (κ2) is 9.80. The summed E-state index contributed by atoms with van der Waals surface area (Å²) >= 11 is 1.18. The molecular weight excluding hydrogens is 394 g/mol. The minimum Gasteiger partial charge on any atom is -0.465 e. The van der Waals surface area contributed by atoms with Crippen molar-refractivity contribution >= 4 is 27.5 Å². The standard InChI is InChI=1S/C20H29N3O5S/c1-12-16-18(25)21-15(22-19(16)29-17(12)20(26)28-3)10-23(9-14(24)11-27-2)13-7-5-4-6-8-13/h13-14,24H,4-11H2,1-3H3,(H,21,22,25). The monoisotopic (exact) mass is 423 g/mol. The number of hydrogen-bond donors (Lipinski definition) is 2. The van der Waals surface area contributed by atoms with Gasteiger partial charge in [-0.1, -0.05) is 19.3 Å². The number of ether oxygens (including phenoxy) is 2. The first kappa shape index (κ1) is 21.9. The van der Waals surface area contributed by atoms with Crippen LogP contribution in [0.5, 0.6) is 0 Å². The van der Waals surface area contributed by atoms with E-state index in [2.05, 4.69) is 14.9 Å². The first-order valence-electron chi connectivity index (χ1n) is 9.96. The van der Waals surface area contributed by atoms with Crippen molar-refractivity contribution in [3.05, 3.63) is 26.6 Å². The summed E-state index contributed by atoms with van der Waals surface area (Å²) in [4.78, 5) is 35.3. The van der Waals surface area contributed by atoms with Crippen LogP contribution in [0.15, 0.2) is 4.79 Å². The lowest BCUT2D eigenvalue weighted by Crippen LogP contribution is -2.42. The molecule has 1 aliphatic rings. The number of carbonyl (C=O) groups is 1. The number of aromatic amines is 1. The van der Waals surface area contributed by atoms with Crippen LogP contribution >= 0.6 is 11.3 Å². The number of hydrogen-bond acceptors (Lipinski definition) is 8. The molecule has 0 aromatic carbocycles. The minimum atomic E-state index is -0.604. The SMILES string of the molecule is COCC(O)CN(Cc1nc2sc(C(=O)OC)c(C)c2c(=O)[nH]1)C1CCCCC1. The molecule has 1 unspecified atom stereocenters. The van der Waals surface area contributed by atoms with Gasteiger partial charge in [-0.2, -0.15) is 0 Å². The maximum Gasteiger partial charge on any atom is 0.348 e. The normalized spacial score (nSPS) is 16.4. The fourth-order valence-corrected chi connectivity index (χ4v) is 5.17. The molecule has 2 heterocycles. The third kappa shape index (κ3) is 5.03. The number of fused-ring (bicyclic) bond motifs is 1. The molecule has 3 rings (SSSR count). The van der Waals surface area contributed by atoms with Crippen molar-refractivity contribution < 1.29 is 19.4 Å². The molecule has 1 saturated carbocycles. The quantitative estimate of drug-likeness (QED) is 0.627. The highest BCUT2D eigenvalue weighted by Crippen LogP contribution is 2.28. The largest absolute Gasteiger partial charge is 0.465 e. The van der Waals surface area contributed by atoms with E-state index in [9.17, 15) is 14.7 Å².